The highest BCUT2D eigenvalue weighted by Gasteiger charge is 2.20. The van der Waals surface area contributed by atoms with Crippen molar-refractivity contribution in [3.8, 4) is 16.9 Å². The quantitative estimate of drug-likeness (QED) is 0.392. The molecule has 0 fully saturated rings. The standard InChI is InChI=1S/C23H22FN5O4/c1-3-9-26-22(30)19-20(25)15-6-4-5-14(21(15)28-23(19)31)16-10-13(7-8-17(16)24)32-11-18-27-12(2)33-29-18/h4-8,10H,3,9,11H2,1-2H3,(H,26,30)(H3,25,28,31). The molecule has 1 amide bonds. The predicted molar refractivity (Wildman–Crippen MR) is 120 cm³/mol. The van der Waals surface area contributed by atoms with Crippen LogP contribution in [0.15, 0.2) is 45.7 Å². The number of nitrogens with one attached hydrogen (secondary N) is 2. The molecule has 170 valence electrons. The van der Waals surface area contributed by atoms with Crippen LogP contribution in [0.1, 0.15) is 35.4 Å². The van der Waals surface area contributed by atoms with Gasteiger partial charge in [-0.1, -0.05) is 30.3 Å². The number of halogens is 1. The number of aromatic nitrogens is 3. The molecule has 2 aromatic carbocycles. The molecule has 0 radical (unpaired) electrons. The van der Waals surface area contributed by atoms with Crippen molar-refractivity contribution in [2.45, 2.75) is 26.9 Å². The Labute approximate surface area is 187 Å². The van der Waals surface area contributed by atoms with Crippen molar-refractivity contribution < 1.29 is 18.4 Å². The third-order valence-electron chi connectivity index (χ3n) is 5.02. The third-order valence-corrected chi connectivity index (χ3v) is 5.02. The summed E-state index contributed by atoms with van der Waals surface area (Å²) in [6.07, 6.45) is 0.714. The Balaban J connectivity index is 1.75. The number of hydrogen-bond donors (Lipinski definition) is 3. The maximum Gasteiger partial charge on any atom is 0.263 e. The number of para-hydroxylation sites is 1. The third kappa shape index (κ3) is 4.40. The first kappa shape index (κ1) is 22.0. The smallest absolute Gasteiger partial charge is 0.263 e. The summed E-state index contributed by atoms with van der Waals surface area (Å²) >= 11 is 0. The Morgan fingerprint density at radius 1 is 1.27 bits per heavy atom. The lowest BCUT2D eigenvalue weighted by Gasteiger charge is -2.13. The van der Waals surface area contributed by atoms with Crippen LogP contribution in [-0.2, 0) is 6.61 Å². The molecule has 0 saturated carbocycles. The van der Waals surface area contributed by atoms with E-state index in [9.17, 15) is 14.0 Å². The number of ether oxygens (including phenoxy) is 1. The monoisotopic (exact) mass is 451 g/mol. The van der Waals surface area contributed by atoms with E-state index in [1.54, 1.807) is 25.1 Å². The van der Waals surface area contributed by atoms with E-state index in [4.69, 9.17) is 15.0 Å². The van der Waals surface area contributed by atoms with E-state index in [-0.39, 0.29) is 23.4 Å². The van der Waals surface area contributed by atoms with Gasteiger partial charge in [0, 0.05) is 30.0 Å². The van der Waals surface area contributed by atoms with E-state index in [1.165, 1.54) is 18.2 Å². The molecule has 0 bridgehead atoms. The summed E-state index contributed by atoms with van der Waals surface area (Å²) in [5.74, 6) is 0.0651. The summed E-state index contributed by atoms with van der Waals surface area (Å²) < 4.78 is 25.4. The minimum absolute atomic E-state index is 0.0319. The van der Waals surface area contributed by atoms with E-state index < -0.39 is 17.3 Å². The van der Waals surface area contributed by atoms with Crippen LogP contribution in [0.4, 0.5) is 10.1 Å². The summed E-state index contributed by atoms with van der Waals surface area (Å²) in [5, 5.41) is 6.85. The van der Waals surface area contributed by atoms with Gasteiger partial charge in [-0.15, -0.1) is 0 Å². The van der Waals surface area contributed by atoms with Gasteiger partial charge in [0.05, 0.1) is 11.2 Å². The lowest BCUT2D eigenvalue weighted by molar-refractivity contribution is 0.0953. The van der Waals surface area contributed by atoms with Crippen LogP contribution in [0.25, 0.3) is 22.0 Å². The van der Waals surface area contributed by atoms with E-state index >= 15 is 0 Å². The lowest BCUT2D eigenvalue weighted by Crippen LogP contribution is -2.31. The van der Waals surface area contributed by atoms with Gasteiger partial charge in [0.2, 0.25) is 11.7 Å². The molecule has 0 aliphatic rings. The van der Waals surface area contributed by atoms with Gasteiger partial charge < -0.3 is 25.3 Å². The molecule has 0 saturated heterocycles. The number of rotatable bonds is 7. The minimum Gasteiger partial charge on any atom is -0.485 e. The molecule has 10 heteroatoms. The molecule has 0 aliphatic carbocycles. The topological polar surface area (TPSA) is 136 Å². The number of carbonyl (C=O) groups excluding carboxylic acids is 1. The van der Waals surface area contributed by atoms with Crippen LogP contribution < -0.4 is 21.3 Å². The summed E-state index contributed by atoms with van der Waals surface area (Å²) in [4.78, 5) is 31.9. The molecule has 33 heavy (non-hydrogen) atoms. The molecule has 4 aromatic rings. The van der Waals surface area contributed by atoms with Gasteiger partial charge >= 0.3 is 0 Å². The van der Waals surface area contributed by atoms with Crippen LogP contribution >= 0.6 is 0 Å². The van der Waals surface area contributed by atoms with Crippen molar-refractivity contribution in [3.63, 3.8) is 0 Å². The molecule has 0 aliphatic heterocycles. The number of hydrogen-bond acceptors (Lipinski definition) is 7. The Morgan fingerprint density at radius 3 is 2.82 bits per heavy atom. The number of H-pyrrole nitrogens is 1. The number of nitrogens with zero attached hydrogens (tertiary/aromatic N) is 2. The zero-order valence-electron chi connectivity index (χ0n) is 18.1. The number of pyridine rings is 1. The van der Waals surface area contributed by atoms with Crippen molar-refractivity contribution >= 4 is 22.5 Å². The number of aryl methyl sites for hydroxylation is 1. The number of carbonyl (C=O) groups is 1. The molecular formula is C23H22FN5O4. The van der Waals surface area contributed by atoms with Crippen LogP contribution in [0.3, 0.4) is 0 Å². The highest BCUT2D eigenvalue weighted by atomic mass is 19.1. The molecule has 2 aromatic heterocycles. The summed E-state index contributed by atoms with van der Waals surface area (Å²) in [7, 11) is 0. The first-order valence-corrected chi connectivity index (χ1v) is 10.3. The van der Waals surface area contributed by atoms with E-state index in [2.05, 4.69) is 20.4 Å². The Morgan fingerprint density at radius 2 is 2.09 bits per heavy atom. The average Bonchev–Trinajstić information content (AvgIpc) is 3.22. The fourth-order valence-electron chi connectivity index (χ4n) is 3.47. The second-order valence-corrected chi connectivity index (χ2v) is 7.39. The van der Waals surface area contributed by atoms with Crippen LogP contribution in [0, 0.1) is 12.7 Å². The Kier molecular flexibility index (Phi) is 6.07. The number of amides is 1. The summed E-state index contributed by atoms with van der Waals surface area (Å²) in [6, 6.07) is 9.24. The zero-order valence-corrected chi connectivity index (χ0v) is 18.1. The molecule has 0 spiro atoms. The molecule has 4 N–H and O–H groups in total. The SMILES string of the molecule is CCCNC(=O)c1c(N)c2cccc(-c3cc(OCc4noc(C)n4)ccc3F)c2[nH]c1=O. The van der Waals surface area contributed by atoms with Gasteiger partial charge in [-0.25, -0.2) is 4.39 Å². The minimum atomic E-state index is -0.652. The number of anilines is 1. The number of aromatic amines is 1. The first-order valence-electron chi connectivity index (χ1n) is 10.3. The van der Waals surface area contributed by atoms with E-state index in [1.807, 2.05) is 6.92 Å². The van der Waals surface area contributed by atoms with Crippen LogP contribution in [-0.4, -0.2) is 27.6 Å². The van der Waals surface area contributed by atoms with Gasteiger partial charge in [0.25, 0.3) is 11.5 Å². The molecule has 4 rings (SSSR count). The number of nitrogen functional groups attached to an aromatic ring is 1. The summed E-state index contributed by atoms with van der Waals surface area (Å²) in [6.45, 7) is 4.02. The zero-order chi connectivity index (χ0) is 23.5. The van der Waals surface area contributed by atoms with Crippen LogP contribution in [0.5, 0.6) is 5.75 Å². The van der Waals surface area contributed by atoms with Crippen molar-refractivity contribution in [3.05, 3.63) is 69.8 Å². The Hall–Kier alpha value is -4.21. The van der Waals surface area contributed by atoms with Gasteiger partial charge in [-0.2, -0.15) is 4.98 Å². The first-order chi connectivity index (χ1) is 15.9. The summed E-state index contributed by atoms with van der Waals surface area (Å²) in [5.41, 5.74) is 6.32. The second-order valence-electron chi connectivity index (χ2n) is 7.39. The number of fused-ring (bicyclic) bond motifs is 1. The highest BCUT2D eigenvalue weighted by Crippen LogP contribution is 2.34. The van der Waals surface area contributed by atoms with Crippen molar-refractivity contribution in [2.24, 2.45) is 0 Å². The molecular weight excluding hydrogens is 429 g/mol. The second kappa shape index (κ2) is 9.11. The van der Waals surface area contributed by atoms with Gasteiger partial charge in [0.1, 0.15) is 17.1 Å². The van der Waals surface area contributed by atoms with Gasteiger partial charge in [-0.3, -0.25) is 9.59 Å². The van der Waals surface area contributed by atoms with Gasteiger partial charge in [0.15, 0.2) is 6.61 Å². The van der Waals surface area contributed by atoms with Crippen molar-refractivity contribution in [1.82, 2.24) is 20.4 Å². The van der Waals surface area contributed by atoms with E-state index in [0.717, 1.165) is 0 Å². The Bertz CT molecular complexity index is 1400. The fraction of sp³-hybridized carbons (Fsp3) is 0.217. The lowest BCUT2D eigenvalue weighted by atomic mass is 9.99. The van der Waals surface area contributed by atoms with E-state index in [0.29, 0.717) is 46.9 Å². The van der Waals surface area contributed by atoms with Crippen LogP contribution in [0.2, 0.25) is 0 Å². The molecule has 0 unspecified atom stereocenters. The largest absolute Gasteiger partial charge is 0.485 e. The predicted octanol–water partition coefficient (Wildman–Crippen LogP) is 3.33. The number of benzene rings is 2. The highest BCUT2D eigenvalue weighted by molar-refractivity contribution is 6.08. The maximum atomic E-state index is 14.8. The molecule has 2 heterocycles. The fourth-order valence-corrected chi connectivity index (χ4v) is 3.47. The number of nitrogens with two attached hydrogens (primary N) is 1. The maximum absolute atomic E-state index is 14.8. The van der Waals surface area contributed by atoms with Crippen molar-refractivity contribution in [2.75, 3.05) is 12.3 Å². The molecule has 0 atom stereocenters. The molecule has 9 nitrogen and oxygen atoms in total. The van der Waals surface area contributed by atoms with Crippen molar-refractivity contribution in [1.29, 1.82) is 0 Å². The van der Waals surface area contributed by atoms with Gasteiger partial charge in [-0.05, 0) is 24.6 Å². The normalized spacial score (nSPS) is 11.0. The average molecular weight is 451 g/mol.